The molecule has 0 aliphatic rings. The van der Waals surface area contributed by atoms with Gasteiger partial charge in [-0.1, -0.05) is 44.7 Å². The number of nitrogens with one attached hydrogen (secondary N) is 1. The fourth-order valence-corrected chi connectivity index (χ4v) is 2.99. The van der Waals surface area contributed by atoms with Crippen LogP contribution < -0.4 is 5.32 Å². The molecule has 0 saturated heterocycles. The third-order valence-corrected chi connectivity index (χ3v) is 4.18. The highest BCUT2D eigenvalue weighted by atomic mass is 31.2. The van der Waals surface area contributed by atoms with Crippen molar-refractivity contribution >= 4 is 19.2 Å². The van der Waals surface area contributed by atoms with Gasteiger partial charge < -0.3 is 15.1 Å². The first-order chi connectivity index (χ1) is 10.3. The number of anilines is 1. The zero-order chi connectivity index (χ0) is 16.6. The van der Waals surface area contributed by atoms with Gasteiger partial charge in [-0.05, 0) is 30.5 Å². The van der Waals surface area contributed by atoms with Gasteiger partial charge in [-0.2, -0.15) is 0 Å². The van der Waals surface area contributed by atoms with E-state index in [9.17, 15) is 9.36 Å². The summed E-state index contributed by atoms with van der Waals surface area (Å²) in [5.41, 5.74) is 1.91. The van der Waals surface area contributed by atoms with Crippen LogP contribution in [-0.2, 0) is 15.5 Å². The molecule has 0 saturated carbocycles. The van der Waals surface area contributed by atoms with E-state index in [1.807, 2.05) is 6.92 Å². The molecule has 124 valence electrons. The molecule has 6 heteroatoms. The number of rotatable bonds is 9. The fraction of sp³-hybridized carbons (Fsp3) is 0.562. The van der Waals surface area contributed by atoms with Gasteiger partial charge >= 0.3 is 7.60 Å². The summed E-state index contributed by atoms with van der Waals surface area (Å²) in [6.07, 6.45) is 5.44. The van der Waals surface area contributed by atoms with Crippen LogP contribution in [0.5, 0.6) is 0 Å². The highest BCUT2D eigenvalue weighted by Crippen LogP contribution is 2.41. The predicted octanol–water partition coefficient (Wildman–Crippen LogP) is 3.97. The number of carbonyl (C=O) groups is 1. The average molecular weight is 327 g/mol. The zero-order valence-corrected chi connectivity index (χ0v) is 14.2. The van der Waals surface area contributed by atoms with Crippen molar-refractivity contribution in [3.63, 3.8) is 0 Å². The molecule has 3 N–H and O–H groups in total. The average Bonchev–Trinajstić information content (AvgIpc) is 2.40. The number of hydrogen-bond acceptors (Lipinski definition) is 2. The number of carbonyl (C=O) groups excluding carboxylic acids is 1. The first-order valence-electron chi connectivity index (χ1n) is 7.76. The van der Waals surface area contributed by atoms with Crippen LogP contribution in [0, 0.1) is 6.92 Å². The fourth-order valence-electron chi connectivity index (χ4n) is 2.27. The van der Waals surface area contributed by atoms with E-state index in [2.05, 4.69) is 12.2 Å². The first kappa shape index (κ1) is 18.9. The monoisotopic (exact) mass is 327 g/mol. The minimum atomic E-state index is -4.16. The molecule has 1 rings (SSSR count). The Kier molecular flexibility index (Phi) is 7.80. The summed E-state index contributed by atoms with van der Waals surface area (Å²) >= 11 is 0. The lowest BCUT2D eigenvalue weighted by atomic mass is 10.1. The van der Waals surface area contributed by atoms with Crippen molar-refractivity contribution in [1.82, 2.24) is 0 Å². The molecular weight excluding hydrogens is 301 g/mol. The van der Waals surface area contributed by atoms with Crippen LogP contribution in [0.3, 0.4) is 0 Å². The number of hydrogen-bond donors (Lipinski definition) is 3. The second-order valence-corrected chi connectivity index (χ2v) is 7.34. The summed E-state index contributed by atoms with van der Waals surface area (Å²) in [4.78, 5) is 30.2. The second kappa shape index (κ2) is 9.09. The summed E-state index contributed by atoms with van der Waals surface area (Å²) in [5, 5.41) is 2.78. The Morgan fingerprint density at radius 1 is 1.18 bits per heavy atom. The van der Waals surface area contributed by atoms with E-state index < -0.39 is 7.60 Å². The van der Waals surface area contributed by atoms with Crippen molar-refractivity contribution in [2.75, 3.05) is 5.32 Å². The van der Waals surface area contributed by atoms with Gasteiger partial charge in [0.2, 0.25) is 5.91 Å². The largest absolute Gasteiger partial charge is 0.329 e. The van der Waals surface area contributed by atoms with Crippen molar-refractivity contribution < 1.29 is 19.1 Å². The van der Waals surface area contributed by atoms with E-state index in [0.717, 1.165) is 24.8 Å². The minimum Gasteiger partial charge on any atom is -0.326 e. The molecule has 0 atom stereocenters. The molecule has 0 aromatic heterocycles. The summed E-state index contributed by atoms with van der Waals surface area (Å²) in [5.74, 6) is -0.103. The zero-order valence-electron chi connectivity index (χ0n) is 13.3. The minimum absolute atomic E-state index is 0.103. The van der Waals surface area contributed by atoms with Gasteiger partial charge in [0.05, 0.1) is 6.16 Å². The van der Waals surface area contributed by atoms with E-state index in [1.165, 1.54) is 12.8 Å². The maximum absolute atomic E-state index is 12.0. The molecule has 22 heavy (non-hydrogen) atoms. The Bertz CT molecular complexity index is 539. The van der Waals surface area contributed by atoms with Crippen molar-refractivity contribution in [3.05, 3.63) is 29.3 Å². The van der Waals surface area contributed by atoms with Gasteiger partial charge in [0.1, 0.15) is 0 Å². The van der Waals surface area contributed by atoms with Gasteiger partial charge in [-0.25, -0.2) is 0 Å². The lowest BCUT2D eigenvalue weighted by molar-refractivity contribution is -0.116. The van der Waals surface area contributed by atoms with E-state index in [1.54, 1.807) is 18.2 Å². The highest BCUT2D eigenvalue weighted by Gasteiger charge is 2.17. The van der Waals surface area contributed by atoms with Crippen LogP contribution in [0.2, 0.25) is 0 Å². The predicted molar refractivity (Wildman–Crippen MR) is 88.9 cm³/mol. The maximum Gasteiger partial charge on any atom is 0.329 e. The highest BCUT2D eigenvalue weighted by molar-refractivity contribution is 7.50. The smallest absolute Gasteiger partial charge is 0.326 e. The van der Waals surface area contributed by atoms with Crippen LogP contribution >= 0.6 is 7.60 Å². The Hall–Kier alpha value is -1.16. The molecule has 0 bridgehead atoms. The Morgan fingerprint density at radius 2 is 1.86 bits per heavy atom. The van der Waals surface area contributed by atoms with E-state index >= 15 is 0 Å². The van der Waals surface area contributed by atoms with Gasteiger partial charge in [0.25, 0.3) is 0 Å². The normalized spacial score (nSPS) is 11.5. The molecule has 1 aromatic carbocycles. The molecule has 0 aliphatic carbocycles. The summed E-state index contributed by atoms with van der Waals surface area (Å²) < 4.78 is 11.2. The SMILES string of the molecule is CCCCCCCC(=O)Nc1cc(C)ccc1CP(=O)(O)O. The van der Waals surface area contributed by atoms with Crippen LogP contribution in [0.4, 0.5) is 5.69 Å². The quantitative estimate of drug-likeness (QED) is 0.473. The van der Waals surface area contributed by atoms with E-state index in [-0.39, 0.29) is 12.1 Å². The molecule has 0 aliphatic heterocycles. The molecular formula is C16H26NO4P. The molecule has 5 nitrogen and oxygen atoms in total. The van der Waals surface area contributed by atoms with E-state index in [0.29, 0.717) is 17.7 Å². The molecule has 0 fully saturated rings. The van der Waals surface area contributed by atoms with Crippen molar-refractivity contribution in [2.24, 2.45) is 0 Å². The number of aryl methyl sites for hydroxylation is 1. The topological polar surface area (TPSA) is 86.6 Å². The first-order valence-corrected chi connectivity index (χ1v) is 9.55. The Labute approximate surface area is 132 Å². The molecule has 0 heterocycles. The van der Waals surface area contributed by atoms with Crippen molar-refractivity contribution in [1.29, 1.82) is 0 Å². The third-order valence-electron chi connectivity index (χ3n) is 3.42. The summed E-state index contributed by atoms with van der Waals surface area (Å²) in [7, 11) is -4.16. The van der Waals surface area contributed by atoms with Gasteiger partial charge in [-0.15, -0.1) is 0 Å². The number of benzene rings is 1. The Balaban J connectivity index is 2.61. The Morgan fingerprint density at radius 3 is 2.50 bits per heavy atom. The molecule has 1 amide bonds. The molecule has 0 radical (unpaired) electrons. The molecule has 0 unspecified atom stereocenters. The van der Waals surface area contributed by atoms with Gasteiger partial charge in [-0.3, -0.25) is 9.36 Å². The maximum atomic E-state index is 12.0. The van der Waals surface area contributed by atoms with Crippen LogP contribution in [0.1, 0.15) is 56.6 Å². The van der Waals surface area contributed by atoms with Crippen LogP contribution in [0.25, 0.3) is 0 Å². The van der Waals surface area contributed by atoms with Gasteiger partial charge in [0, 0.05) is 12.1 Å². The second-order valence-electron chi connectivity index (χ2n) is 5.70. The lowest BCUT2D eigenvalue weighted by Gasteiger charge is -2.13. The lowest BCUT2D eigenvalue weighted by Crippen LogP contribution is -2.13. The molecule has 1 aromatic rings. The van der Waals surface area contributed by atoms with Crippen LogP contribution in [0.15, 0.2) is 18.2 Å². The van der Waals surface area contributed by atoms with E-state index in [4.69, 9.17) is 9.79 Å². The van der Waals surface area contributed by atoms with Crippen molar-refractivity contribution in [2.45, 2.75) is 58.5 Å². The van der Waals surface area contributed by atoms with Crippen molar-refractivity contribution in [3.8, 4) is 0 Å². The third kappa shape index (κ3) is 7.74. The number of amides is 1. The summed E-state index contributed by atoms with van der Waals surface area (Å²) in [6, 6.07) is 5.19. The number of unbranched alkanes of at least 4 members (excludes halogenated alkanes) is 4. The standard InChI is InChI=1S/C16H26NO4P/c1-3-4-5-6-7-8-16(18)17-15-11-13(2)9-10-14(15)12-22(19,20)21/h9-11H,3-8,12H2,1-2H3,(H,17,18)(H2,19,20,21). The van der Waals surface area contributed by atoms with Crippen LogP contribution in [-0.4, -0.2) is 15.7 Å². The van der Waals surface area contributed by atoms with Gasteiger partial charge in [0.15, 0.2) is 0 Å². The summed E-state index contributed by atoms with van der Waals surface area (Å²) in [6.45, 7) is 4.02. The molecule has 0 spiro atoms.